The standard InChI is InChI=1S/C12H18ClN3O.ClH/c1-16-8-9(13)7-11(16)12(17)15-6-4-10-3-2-5-14-10;/h7-8,10,14H,2-6H2,1H3,(H,15,17);1H/t10-;/m1./s1. The predicted molar refractivity (Wildman–Crippen MR) is 75.6 cm³/mol. The fraction of sp³-hybridized carbons (Fsp3) is 0.583. The lowest BCUT2D eigenvalue weighted by molar-refractivity contribution is 0.0944. The van der Waals surface area contributed by atoms with E-state index in [1.807, 2.05) is 7.05 Å². The largest absolute Gasteiger partial charge is 0.351 e. The number of nitrogens with zero attached hydrogens (tertiary/aromatic N) is 1. The minimum absolute atomic E-state index is 0. The van der Waals surface area contributed by atoms with Crippen molar-refractivity contribution < 1.29 is 4.79 Å². The quantitative estimate of drug-likeness (QED) is 0.891. The number of rotatable bonds is 4. The van der Waals surface area contributed by atoms with Crippen LogP contribution in [-0.4, -0.2) is 29.6 Å². The number of amides is 1. The van der Waals surface area contributed by atoms with Crippen molar-refractivity contribution in [2.45, 2.75) is 25.3 Å². The van der Waals surface area contributed by atoms with E-state index in [2.05, 4.69) is 10.6 Å². The summed E-state index contributed by atoms with van der Waals surface area (Å²) in [5.41, 5.74) is 0.606. The number of hydrogen-bond acceptors (Lipinski definition) is 2. The molecule has 0 aliphatic carbocycles. The minimum Gasteiger partial charge on any atom is -0.351 e. The molecular formula is C12H19Cl2N3O. The second-order valence-electron chi connectivity index (χ2n) is 4.49. The van der Waals surface area contributed by atoms with E-state index in [0.717, 1.165) is 13.0 Å². The Balaban J connectivity index is 0.00000162. The first-order chi connectivity index (χ1) is 8.16. The highest BCUT2D eigenvalue weighted by Crippen LogP contribution is 2.12. The van der Waals surface area contributed by atoms with Crippen LogP contribution in [-0.2, 0) is 7.05 Å². The summed E-state index contributed by atoms with van der Waals surface area (Å²) in [7, 11) is 1.82. The Labute approximate surface area is 118 Å². The Hall–Kier alpha value is -0.710. The Morgan fingerprint density at radius 1 is 1.67 bits per heavy atom. The molecular weight excluding hydrogens is 273 g/mol. The monoisotopic (exact) mass is 291 g/mol. The average molecular weight is 292 g/mol. The van der Waals surface area contributed by atoms with Crippen LogP contribution >= 0.6 is 24.0 Å². The molecule has 1 atom stereocenters. The number of hydrogen-bond donors (Lipinski definition) is 2. The number of carbonyl (C=O) groups excluding carboxylic acids is 1. The molecule has 0 spiro atoms. The number of carbonyl (C=O) groups is 1. The lowest BCUT2D eigenvalue weighted by Crippen LogP contribution is -2.31. The van der Waals surface area contributed by atoms with Crippen molar-refractivity contribution in [3.8, 4) is 0 Å². The lowest BCUT2D eigenvalue weighted by Gasteiger charge is -2.10. The number of nitrogens with one attached hydrogen (secondary N) is 2. The molecule has 18 heavy (non-hydrogen) atoms. The van der Waals surface area contributed by atoms with Crippen LogP contribution in [0, 0.1) is 0 Å². The highest BCUT2D eigenvalue weighted by Gasteiger charge is 2.15. The molecule has 1 saturated heterocycles. The van der Waals surface area contributed by atoms with Gasteiger partial charge in [-0.3, -0.25) is 4.79 Å². The Morgan fingerprint density at radius 3 is 3.00 bits per heavy atom. The molecule has 1 aliphatic rings. The van der Waals surface area contributed by atoms with Crippen molar-refractivity contribution in [2.24, 2.45) is 7.05 Å². The van der Waals surface area contributed by atoms with Gasteiger partial charge in [0.05, 0.1) is 5.02 Å². The van der Waals surface area contributed by atoms with E-state index in [9.17, 15) is 4.79 Å². The molecule has 2 heterocycles. The number of halogens is 2. The smallest absolute Gasteiger partial charge is 0.267 e. The molecule has 4 nitrogen and oxygen atoms in total. The van der Waals surface area contributed by atoms with Crippen molar-refractivity contribution in [3.63, 3.8) is 0 Å². The molecule has 0 saturated carbocycles. The maximum absolute atomic E-state index is 11.8. The Bertz CT molecular complexity index is 400. The zero-order chi connectivity index (χ0) is 12.3. The Morgan fingerprint density at radius 2 is 2.44 bits per heavy atom. The molecule has 0 bridgehead atoms. The third-order valence-corrected chi connectivity index (χ3v) is 3.35. The molecule has 1 fully saturated rings. The highest BCUT2D eigenvalue weighted by atomic mass is 35.5. The second-order valence-corrected chi connectivity index (χ2v) is 4.93. The van der Waals surface area contributed by atoms with Gasteiger partial charge in [0.15, 0.2) is 0 Å². The van der Waals surface area contributed by atoms with Crippen molar-refractivity contribution in [2.75, 3.05) is 13.1 Å². The predicted octanol–water partition coefficient (Wildman–Crippen LogP) is 1.97. The zero-order valence-electron chi connectivity index (χ0n) is 10.4. The van der Waals surface area contributed by atoms with Crippen LogP contribution in [0.3, 0.4) is 0 Å². The maximum atomic E-state index is 11.8. The van der Waals surface area contributed by atoms with E-state index in [4.69, 9.17) is 11.6 Å². The van der Waals surface area contributed by atoms with Crippen LogP contribution in [0.2, 0.25) is 5.02 Å². The van der Waals surface area contributed by atoms with Gasteiger partial charge in [0.1, 0.15) is 5.69 Å². The highest BCUT2D eigenvalue weighted by molar-refractivity contribution is 6.31. The van der Waals surface area contributed by atoms with Crippen LogP contribution < -0.4 is 10.6 Å². The Kier molecular flexibility index (Phi) is 5.99. The average Bonchev–Trinajstić information content (AvgIpc) is 2.88. The van der Waals surface area contributed by atoms with E-state index < -0.39 is 0 Å². The number of aromatic nitrogens is 1. The molecule has 1 aromatic heterocycles. The van der Waals surface area contributed by atoms with E-state index in [1.165, 1.54) is 12.8 Å². The van der Waals surface area contributed by atoms with Gasteiger partial charge in [-0.25, -0.2) is 0 Å². The molecule has 1 aromatic rings. The van der Waals surface area contributed by atoms with Gasteiger partial charge in [-0.1, -0.05) is 11.6 Å². The van der Waals surface area contributed by atoms with Crippen LogP contribution in [0.5, 0.6) is 0 Å². The summed E-state index contributed by atoms with van der Waals surface area (Å²) in [5.74, 6) is -0.0580. The second kappa shape index (κ2) is 7.02. The molecule has 0 radical (unpaired) electrons. The third kappa shape index (κ3) is 3.90. The fourth-order valence-electron chi connectivity index (χ4n) is 2.20. The van der Waals surface area contributed by atoms with Gasteiger partial charge in [-0.05, 0) is 31.9 Å². The van der Waals surface area contributed by atoms with E-state index in [-0.39, 0.29) is 18.3 Å². The van der Waals surface area contributed by atoms with E-state index in [1.54, 1.807) is 16.8 Å². The first-order valence-electron chi connectivity index (χ1n) is 6.00. The molecule has 102 valence electrons. The minimum atomic E-state index is -0.0580. The lowest BCUT2D eigenvalue weighted by atomic mass is 10.1. The van der Waals surface area contributed by atoms with Crippen LogP contribution in [0.25, 0.3) is 0 Å². The maximum Gasteiger partial charge on any atom is 0.267 e. The summed E-state index contributed by atoms with van der Waals surface area (Å²) in [6.45, 7) is 1.81. The van der Waals surface area contributed by atoms with Gasteiger partial charge in [0.2, 0.25) is 0 Å². The molecule has 0 aromatic carbocycles. The zero-order valence-corrected chi connectivity index (χ0v) is 12.0. The fourth-order valence-corrected chi connectivity index (χ4v) is 2.45. The molecule has 0 unspecified atom stereocenters. The topological polar surface area (TPSA) is 46.1 Å². The van der Waals surface area contributed by atoms with Gasteiger partial charge >= 0.3 is 0 Å². The summed E-state index contributed by atoms with van der Waals surface area (Å²) >= 11 is 5.84. The van der Waals surface area contributed by atoms with Crippen molar-refractivity contribution in [1.82, 2.24) is 15.2 Å². The first-order valence-corrected chi connectivity index (χ1v) is 6.38. The molecule has 2 N–H and O–H groups in total. The van der Waals surface area contributed by atoms with Crippen LogP contribution in [0.15, 0.2) is 12.3 Å². The molecule has 1 aliphatic heterocycles. The first kappa shape index (κ1) is 15.3. The van der Waals surface area contributed by atoms with Gasteiger partial charge < -0.3 is 15.2 Å². The summed E-state index contributed by atoms with van der Waals surface area (Å²) < 4.78 is 1.74. The van der Waals surface area contributed by atoms with E-state index >= 15 is 0 Å². The summed E-state index contributed by atoms with van der Waals surface area (Å²) in [4.78, 5) is 11.8. The number of aryl methyl sites for hydroxylation is 1. The summed E-state index contributed by atoms with van der Waals surface area (Å²) in [6, 6.07) is 2.25. The molecule has 2 rings (SSSR count). The van der Waals surface area contributed by atoms with Gasteiger partial charge in [0.25, 0.3) is 5.91 Å². The van der Waals surface area contributed by atoms with Crippen molar-refractivity contribution >= 4 is 29.9 Å². The van der Waals surface area contributed by atoms with E-state index in [0.29, 0.717) is 23.3 Å². The van der Waals surface area contributed by atoms with Crippen LogP contribution in [0.4, 0.5) is 0 Å². The summed E-state index contributed by atoms with van der Waals surface area (Å²) in [6.07, 6.45) is 5.18. The molecule has 6 heteroatoms. The summed E-state index contributed by atoms with van der Waals surface area (Å²) in [5, 5.41) is 6.92. The van der Waals surface area contributed by atoms with Gasteiger partial charge in [0, 0.05) is 25.8 Å². The van der Waals surface area contributed by atoms with Crippen molar-refractivity contribution in [1.29, 1.82) is 0 Å². The SMILES string of the molecule is Cl.Cn1cc(Cl)cc1C(=O)NCC[C@H]1CCCN1. The molecule has 1 amide bonds. The third-order valence-electron chi connectivity index (χ3n) is 3.14. The van der Waals surface area contributed by atoms with Crippen molar-refractivity contribution in [3.05, 3.63) is 23.0 Å². The van der Waals surface area contributed by atoms with Crippen LogP contribution in [0.1, 0.15) is 29.8 Å². The van der Waals surface area contributed by atoms with Gasteiger partial charge in [-0.2, -0.15) is 0 Å². The van der Waals surface area contributed by atoms with Gasteiger partial charge in [-0.15, -0.1) is 12.4 Å². The normalized spacial score (nSPS) is 18.4.